The molecule has 2 rings (SSSR count). The van der Waals surface area contributed by atoms with Crippen molar-refractivity contribution in [3.63, 3.8) is 0 Å². The van der Waals surface area contributed by atoms with E-state index in [4.69, 9.17) is 9.52 Å². The molecule has 0 fully saturated rings. The molecule has 19 heavy (non-hydrogen) atoms. The van der Waals surface area contributed by atoms with E-state index in [9.17, 15) is 9.59 Å². The van der Waals surface area contributed by atoms with E-state index in [1.54, 1.807) is 25.1 Å². The summed E-state index contributed by atoms with van der Waals surface area (Å²) in [6.07, 6.45) is 2.25. The Balaban J connectivity index is 2.17. The zero-order chi connectivity index (χ0) is 13.8. The van der Waals surface area contributed by atoms with Crippen LogP contribution in [0.2, 0.25) is 0 Å². The highest BCUT2D eigenvalue weighted by atomic mass is 16.4. The van der Waals surface area contributed by atoms with Gasteiger partial charge in [-0.3, -0.25) is 4.79 Å². The highest BCUT2D eigenvalue weighted by Crippen LogP contribution is 2.21. The van der Waals surface area contributed by atoms with E-state index in [2.05, 4.69) is 0 Å². The second-order valence-electron chi connectivity index (χ2n) is 4.10. The molecule has 0 atom stereocenters. The van der Waals surface area contributed by atoms with E-state index in [1.165, 1.54) is 23.3 Å². The lowest BCUT2D eigenvalue weighted by molar-refractivity contribution is -0.107. The van der Waals surface area contributed by atoms with Gasteiger partial charge in [-0.1, -0.05) is 12.1 Å². The largest absolute Gasteiger partial charge is 0.478 e. The topological polar surface area (TPSA) is 70.8 Å². The highest BCUT2D eigenvalue weighted by Gasteiger charge is 2.11. The van der Waals surface area contributed by atoms with Crippen LogP contribution in [0.4, 0.5) is 5.69 Å². The van der Waals surface area contributed by atoms with Gasteiger partial charge >= 0.3 is 5.97 Å². The number of carbonyl (C=O) groups excluding carboxylic acids is 1. The molecule has 0 bridgehead atoms. The molecule has 0 aliphatic rings. The lowest BCUT2D eigenvalue weighted by atomic mass is 10.1. The molecular weight excluding hydrogens is 246 g/mol. The molecule has 0 aliphatic heterocycles. The van der Waals surface area contributed by atoms with Crippen LogP contribution < -0.4 is 4.90 Å². The Morgan fingerprint density at radius 2 is 2.00 bits per heavy atom. The molecule has 1 aromatic heterocycles. The predicted octanol–water partition coefficient (Wildman–Crippen LogP) is 2.45. The van der Waals surface area contributed by atoms with Gasteiger partial charge in [-0.25, -0.2) is 4.79 Å². The van der Waals surface area contributed by atoms with E-state index in [-0.39, 0.29) is 5.56 Å². The fraction of sp³-hybridized carbons (Fsp3) is 0.143. The van der Waals surface area contributed by atoms with E-state index in [0.29, 0.717) is 18.0 Å². The highest BCUT2D eigenvalue weighted by molar-refractivity contribution is 5.87. The van der Waals surface area contributed by atoms with E-state index in [0.717, 1.165) is 12.0 Å². The zero-order valence-electron chi connectivity index (χ0n) is 10.4. The van der Waals surface area contributed by atoms with Crippen molar-refractivity contribution in [2.75, 3.05) is 4.90 Å². The van der Waals surface area contributed by atoms with Crippen molar-refractivity contribution in [3.8, 4) is 0 Å². The Hall–Kier alpha value is -2.56. The van der Waals surface area contributed by atoms with Gasteiger partial charge in [0.15, 0.2) is 0 Å². The molecule has 1 aromatic carbocycles. The molecule has 0 radical (unpaired) electrons. The first-order valence-electron chi connectivity index (χ1n) is 5.70. The number of benzene rings is 1. The van der Waals surface area contributed by atoms with Gasteiger partial charge in [0, 0.05) is 6.07 Å². The maximum Gasteiger partial charge on any atom is 0.335 e. The second-order valence-corrected chi connectivity index (χ2v) is 4.10. The van der Waals surface area contributed by atoms with Crippen molar-refractivity contribution >= 4 is 18.1 Å². The number of amides is 1. The minimum atomic E-state index is -0.968. The fourth-order valence-electron chi connectivity index (χ4n) is 1.80. The predicted molar refractivity (Wildman–Crippen MR) is 69.1 cm³/mol. The maximum absolute atomic E-state index is 11.1. The number of carbonyl (C=O) groups is 2. The number of hydrogen-bond donors (Lipinski definition) is 1. The first-order chi connectivity index (χ1) is 9.11. The molecule has 1 amide bonds. The molecule has 2 aromatic rings. The minimum Gasteiger partial charge on any atom is -0.478 e. The lowest BCUT2D eigenvalue weighted by Crippen LogP contribution is -2.20. The molecule has 5 nitrogen and oxygen atoms in total. The van der Waals surface area contributed by atoms with Gasteiger partial charge < -0.3 is 14.4 Å². The van der Waals surface area contributed by atoms with E-state index in [1.807, 2.05) is 0 Å². The van der Waals surface area contributed by atoms with Gasteiger partial charge in [-0.05, 0) is 24.6 Å². The summed E-state index contributed by atoms with van der Waals surface area (Å²) >= 11 is 0. The number of hydrogen-bond acceptors (Lipinski definition) is 3. The Bertz CT molecular complexity index is 586. The van der Waals surface area contributed by atoms with Crippen LogP contribution in [0.5, 0.6) is 0 Å². The molecule has 1 N–H and O–H groups in total. The van der Waals surface area contributed by atoms with Crippen LogP contribution in [0.15, 0.2) is 41.0 Å². The second kappa shape index (κ2) is 5.39. The SMILES string of the molecule is Cc1occc1N(C=O)Cc1ccc(C(=O)O)cc1. The van der Waals surface area contributed by atoms with Crippen LogP contribution in [-0.4, -0.2) is 17.5 Å². The summed E-state index contributed by atoms with van der Waals surface area (Å²) in [5.41, 5.74) is 1.77. The molecule has 0 saturated heterocycles. The standard InChI is InChI=1S/C14H13NO4/c1-10-13(6-7-19-10)15(9-16)8-11-2-4-12(5-3-11)14(17)18/h2-7,9H,8H2,1H3,(H,17,18). The van der Waals surface area contributed by atoms with Crippen molar-refractivity contribution in [3.05, 3.63) is 53.5 Å². The summed E-state index contributed by atoms with van der Waals surface area (Å²) < 4.78 is 5.16. The van der Waals surface area contributed by atoms with Crippen LogP contribution in [-0.2, 0) is 11.3 Å². The molecule has 0 saturated carbocycles. The van der Waals surface area contributed by atoms with Gasteiger partial charge in [0.2, 0.25) is 6.41 Å². The van der Waals surface area contributed by atoms with Crippen molar-refractivity contribution in [2.45, 2.75) is 13.5 Å². The van der Waals surface area contributed by atoms with Crippen molar-refractivity contribution in [2.24, 2.45) is 0 Å². The quantitative estimate of drug-likeness (QED) is 0.837. The third kappa shape index (κ3) is 2.82. The summed E-state index contributed by atoms with van der Waals surface area (Å²) in [5.74, 6) is -0.307. The van der Waals surface area contributed by atoms with E-state index >= 15 is 0 Å². The van der Waals surface area contributed by atoms with Crippen LogP contribution in [0, 0.1) is 6.92 Å². The van der Waals surface area contributed by atoms with Gasteiger partial charge in [0.1, 0.15) is 5.76 Å². The molecule has 0 aliphatic carbocycles. The van der Waals surface area contributed by atoms with Crippen molar-refractivity contribution in [1.29, 1.82) is 0 Å². The maximum atomic E-state index is 11.1. The summed E-state index contributed by atoms with van der Waals surface area (Å²) in [4.78, 5) is 23.4. The summed E-state index contributed by atoms with van der Waals surface area (Å²) in [6.45, 7) is 2.14. The van der Waals surface area contributed by atoms with Crippen molar-refractivity contribution < 1.29 is 19.1 Å². The van der Waals surface area contributed by atoms with Gasteiger partial charge in [-0.2, -0.15) is 0 Å². The first-order valence-corrected chi connectivity index (χ1v) is 5.70. The lowest BCUT2D eigenvalue weighted by Gasteiger charge is -2.16. The Morgan fingerprint density at radius 1 is 1.32 bits per heavy atom. The van der Waals surface area contributed by atoms with E-state index < -0.39 is 5.97 Å². The average molecular weight is 259 g/mol. The zero-order valence-corrected chi connectivity index (χ0v) is 10.4. The molecule has 98 valence electrons. The summed E-state index contributed by atoms with van der Waals surface area (Å²) in [7, 11) is 0. The fourth-order valence-corrected chi connectivity index (χ4v) is 1.80. The Kier molecular flexibility index (Phi) is 3.66. The smallest absolute Gasteiger partial charge is 0.335 e. The van der Waals surface area contributed by atoms with Crippen molar-refractivity contribution in [1.82, 2.24) is 0 Å². The average Bonchev–Trinajstić information content (AvgIpc) is 2.83. The number of anilines is 1. The number of rotatable bonds is 5. The third-order valence-electron chi connectivity index (χ3n) is 2.82. The summed E-state index contributed by atoms with van der Waals surface area (Å²) in [6, 6.07) is 8.13. The number of carboxylic acids is 1. The molecule has 1 heterocycles. The number of aryl methyl sites for hydroxylation is 1. The Morgan fingerprint density at radius 3 is 2.47 bits per heavy atom. The number of carboxylic acid groups (broad SMARTS) is 1. The first kappa shape index (κ1) is 12.9. The number of aromatic carboxylic acids is 1. The van der Waals surface area contributed by atoms with Crippen LogP contribution in [0.1, 0.15) is 21.7 Å². The van der Waals surface area contributed by atoms with Gasteiger partial charge in [0.25, 0.3) is 0 Å². The number of nitrogens with zero attached hydrogens (tertiary/aromatic N) is 1. The van der Waals surface area contributed by atoms with Crippen LogP contribution in [0.25, 0.3) is 0 Å². The molecule has 5 heteroatoms. The van der Waals surface area contributed by atoms with Gasteiger partial charge in [0.05, 0.1) is 24.1 Å². The molecule has 0 spiro atoms. The van der Waals surface area contributed by atoms with Crippen LogP contribution >= 0.6 is 0 Å². The molecule has 0 unspecified atom stereocenters. The summed E-state index contributed by atoms with van der Waals surface area (Å²) in [5, 5.41) is 8.81. The molecular formula is C14H13NO4. The third-order valence-corrected chi connectivity index (χ3v) is 2.82. The normalized spacial score (nSPS) is 10.2. The van der Waals surface area contributed by atoms with Gasteiger partial charge in [-0.15, -0.1) is 0 Å². The monoisotopic (exact) mass is 259 g/mol. The number of furan rings is 1. The van der Waals surface area contributed by atoms with Crippen LogP contribution in [0.3, 0.4) is 0 Å². The minimum absolute atomic E-state index is 0.223. The Labute approximate surface area is 110 Å².